The minimum atomic E-state index is 0.551. The summed E-state index contributed by atoms with van der Waals surface area (Å²) in [6.45, 7) is 3.92. The van der Waals surface area contributed by atoms with Crippen molar-refractivity contribution in [3.05, 3.63) is 16.1 Å². The van der Waals surface area contributed by atoms with E-state index in [1.54, 1.807) is 13.1 Å². The highest BCUT2D eigenvalue weighted by Crippen LogP contribution is 2.31. The van der Waals surface area contributed by atoms with Crippen LogP contribution in [0.2, 0.25) is 10.0 Å². The molecule has 94 valence electrons. The van der Waals surface area contributed by atoms with E-state index in [0.717, 1.165) is 32.0 Å². The minimum Gasteiger partial charge on any atom is -0.372 e. The van der Waals surface area contributed by atoms with Gasteiger partial charge in [-0.2, -0.15) is 0 Å². The molecule has 1 saturated heterocycles. The van der Waals surface area contributed by atoms with Crippen LogP contribution in [0.5, 0.6) is 0 Å². The Balaban J connectivity index is 2.25. The SMILES string of the molecule is CNc1nc(N2CCN(C)CC2)c(Cl)cc1Cl. The second-order valence-electron chi connectivity index (χ2n) is 4.16. The van der Waals surface area contributed by atoms with Crippen LogP contribution in [0.25, 0.3) is 0 Å². The van der Waals surface area contributed by atoms with Crippen LogP contribution in [-0.2, 0) is 0 Å². The third-order valence-corrected chi connectivity index (χ3v) is 3.52. The lowest BCUT2D eigenvalue weighted by atomic mass is 10.3. The second kappa shape index (κ2) is 5.29. The van der Waals surface area contributed by atoms with Crippen molar-refractivity contribution in [1.29, 1.82) is 0 Å². The van der Waals surface area contributed by atoms with Gasteiger partial charge in [-0.25, -0.2) is 4.98 Å². The van der Waals surface area contributed by atoms with Gasteiger partial charge < -0.3 is 15.1 Å². The van der Waals surface area contributed by atoms with Crippen LogP contribution in [0.1, 0.15) is 0 Å². The van der Waals surface area contributed by atoms with E-state index in [0.29, 0.717) is 15.9 Å². The zero-order valence-electron chi connectivity index (χ0n) is 10.0. The highest BCUT2D eigenvalue weighted by Gasteiger charge is 2.19. The molecule has 1 aromatic rings. The van der Waals surface area contributed by atoms with Crippen molar-refractivity contribution in [3.8, 4) is 0 Å². The van der Waals surface area contributed by atoms with Gasteiger partial charge >= 0.3 is 0 Å². The third-order valence-electron chi connectivity index (χ3n) is 2.95. The lowest BCUT2D eigenvalue weighted by Crippen LogP contribution is -2.45. The molecule has 4 nitrogen and oxygen atoms in total. The molecule has 0 saturated carbocycles. The number of rotatable bonds is 2. The molecule has 6 heteroatoms. The Morgan fingerprint density at radius 2 is 1.82 bits per heavy atom. The lowest BCUT2D eigenvalue weighted by Gasteiger charge is -2.33. The Hall–Kier alpha value is -0.710. The van der Waals surface area contributed by atoms with Gasteiger partial charge in [0.1, 0.15) is 11.6 Å². The molecule has 0 aromatic carbocycles. The molecule has 0 radical (unpaired) electrons. The molecule has 2 rings (SSSR count). The first kappa shape index (κ1) is 12.7. The van der Waals surface area contributed by atoms with E-state index in [1.807, 2.05) is 0 Å². The summed E-state index contributed by atoms with van der Waals surface area (Å²) in [4.78, 5) is 8.96. The molecule has 1 aliphatic heterocycles. The van der Waals surface area contributed by atoms with Gasteiger partial charge in [0.2, 0.25) is 0 Å². The highest BCUT2D eigenvalue weighted by molar-refractivity contribution is 6.37. The van der Waals surface area contributed by atoms with Crippen LogP contribution in [0.4, 0.5) is 11.6 Å². The molecule has 0 aliphatic carbocycles. The van der Waals surface area contributed by atoms with E-state index in [1.165, 1.54) is 0 Å². The summed E-state index contributed by atoms with van der Waals surface area (Å²) in [5.74, 6) is 1.48. The third kappa shape index (κ3) is 2.76. The number of aromatic nitrogens is 1. The zero-order chi connectivity index (χ0) is 12.4. The number of likely N-dealkylation sites (N-methyl/N-ethyl adjacent to an activating group) is 1. The van der Waals surface area contributed by atoms with Gasteiger partial charge in [-0.1, -0.05) is 23.2 Å². The molecule has 1 aromatic heterocycles. The number of pyridine rings is 1. The Morgan fingerprint density at radius 3 is 2.41 bits per heavy atom. The Morgan fingerprint density at radius 1 is 1.18 bits per heavy atom. The maximum atomic E-state index is 6.20. The predicted molar refractivity (Wildman–Crippen MR) is 73.5 cm³/mol. The van der Waals surface area contributed by atoms with Gasteiger partial charge in [0, 0.05) is 33.2 Å². The largest absolute Gasteiger partial charge is 0.372 e. The fourth-order valence-corrected chi connectivity index (χ4v) is 2.44. The van der Waals surface area contributed by atoms with Crippen molar-refractivity contribution in [2.24, 2.45) is 0 Å². The van der Waals surface area contributed by atoms with E-state index in [9.17, 15) is 0 Å². The summed E-state index contributed by atoms with van der Waals surface area (Å²) in [7, 11) is 3.92. The summed E-state index contributed by atoms with van der Waals surface area (Å²) in [6, 6.07) is 1.75. The molecule has 1 N–H and O–H groups in total. The summed E-state index contributed by atoms with van der Waals surface area (Å²) in [5, 5.41) is 4.13. The first-order chi connectivity index (χ1) is 8.11. The summed E-state index contributed by atoms with van der Waals surface area (Å²) < 4.78 is 0. The molecule has 0 unspecified atom stereocenters. The maximum absolute atomic E-state index is 6.20. The van der Waals surface area contributed by atoms with Gasteiger partial charge in [0.25, 0.3) is 0 Å². The molecule has 0 amide bonds. The summed E-state index contributed by atoms with van der Waals surface area (Å²) >= 11 is 12.2. The van der Waals surface area contributed by atoms with E-state index in [4.69, 9.17) is 23.2 Å². The number of hydrogen-bond acceptors (Lipinski definition) is 4. The number of nitrogens with zero attached hydrogens (tertiary/aromatic N) is 3. The van der Waals surface area contributed by atoms with Crippen molar-refractivity contribution in [3.63, 3.8) is 0 Å². The van der Waals surface area contributed by atoms with Gasteiger partial charge in [-0.15, -0.1) is 0 Å². The Bertz CT molecular complexity index is 403. The van der Waals surface area contributed by atoms with Crippen LogP contribution in [0, 0.1) is 0 Å². The van der Waals surface area contributed by atoms with Crippen molar-refractivity contribution in [1.82, 2.24) is 9.88 Å². The summed E-state index contributed by atoms with van der Waals surface area (Å²) in [6.07, 6.45) is 0. The van der Waals surface area contributed by atoms with Crippen molar-refractivity contribution >= 4 is 34.8 Å². The second-order valence-corrected chi connectivity index (χ2v) is 4.98. The van der Waals surface area contributed by atoms with Crippen LogP contribution in [-0.4, -0.2) is 50.2 Å². The van der Waals surface area contributed by atoms with Gasteiger partial charge in [0.05, 0.1) is 10.0 Å². The lowest BCUT2D eigenvalue weighted by molar-refractivity contribution is 0.312. The normalized spacial score (nSPS) is 17.3. The van der Waals surface area contributed by atoms with Crippen molar-refractivity contribution in [2.45, 2.75) is 0 Å². The summed E-state index contributed by atoms with van der Waals surface area (Å²) in [5.41, 5.74) is 0. The molecule has 1 aliphatic rings. The first-order valence-corrected chi connectivity index (χ1v) is 6.34. The fourth-order valence-electron chi connectivity index (χ4n) is 1.87. The van der Waals surface area contributed by atoms with E-state index < -0.39 is 0 Å². The zero-order valence-corrected chi connectivity index (χ0v) is 11.5. The molecule has 0 bridgehead atoms. The predicted octanol–water partition coefficient (Wildman–Crippen LogP) is 2.18. The van der Waals surface area contributed by atoms with E-state index in [-0.39, 0.29) is 0 Å². The molecular formula is C11H16Cl2N4. The standard InChI is InChI=1S/C11H16Cl2N4/c1-14-10-8(12)7-9(13)11(15-10)17-5-3-16(2)4-6-17/h7H,3-6H2,1-2H3,(H,14,15). The average molecular weight is 275 g/mol. The quantitative estimate of drug-likeness (QED) is 0.896. The minimum absolute atomic E-state index is 0.551. The number of anilines is 2. The molecule has 17 heavy (non-hydrogen) atoms. The number of piperazine rings is 1. The monoisotopic (exact) mass is 274 g/mol. The number of halogens is 2. The molecule has 1 fully saturated rings. The molecule has 0 atom stereocenters. The molecule has 0 spiro atoms. The topological polar surface area (TPSA) is 31.4 Å². The molecular weight excluding hydrogens is 259 g/mol. The van der Waals surface area contributed by atoms with Gasteiger partial charge in [-0.3, -0.25) is 0 Å². The van der Waals surface area contributed by atoms with Crippen molar-refractivity contribution in [2.75, 3.05) is 50.5 Å². The number of hydrogen-bond donors (Lipinski definition) is 1. The first-order valence-electron chi connectivity index (χ1n) is 5.59. The molecule has 2 heterocycles. The van der Waals surface area contributed by atoms with E-state index >= 15 is 0 Å². The fraction of sp³-hybridized carbons (Fsp3) is 0.545. The Kier molecular flexibility index (Phi) is 3.97. The van der Waals surface area contributed by atoms with Gasteiger partial charge in [-0.05, 0) is 13.1 Å². The van der Waals surface area contributed by atoms with E-state index in [2.05, 4.69) is 27.1 Å². The van der Waals surface area contributed by atoms with Crippen LogP contribution in [0.15, 0.2) is 6.07 Å². The average Bonchev–Trinajstić information content (AvgIpc) is 2.31. The highest BCUT2D eigenvalue weighted by atomic mass is 35.5. The smallest absolute Gasteiger partial charge is 0.150 e. The maximum Gasteiger partial charge on any atom is 0.150 e. The van der Waals surface area contributed by atoms with Crippen LogP contribution >= 0.6 is 23.2 Å². The Labute approximate surface area is 112 Å². The van der Waals surface area contributed by atoms with Crippen LogP contribution < -0.4 is 10.2 Å². The number of nitrogens with one attached hydrogen (secondary N) is 1. The van der Waals surface area contributed by atoms with Crippen molar-refractivity contribution < 1.29 is 0 Å². The van der Waals surface area contributed by atoms with Gasteiger partial charge in [0.15, 0.2) is 0 Å². The van der Waals surface area contributed by atoms with Crippen LogP contribution in [0.3, 0.4) is 0 Å².